The van der Waals surface area contributed by atoms with Crippen LogP contribution in [0, 0.1) is 0 Å². The predicted octanol–water partition coefficient (Wildman–Crippen LogP) is 3.32. The van der Waals surface area contributed by atoms with Crippen molar-refractivity contribution in [1.29, 1.82) is 0 Å². The van der Waals surface area contributed by atoms with Crippen LogP contribution in [0.25, 0.3) is 11.3 Å². The van der Waals surface area contributed by atoms with Gasteiger partial charge < -0.3 is 10.1 Å². The molecule has 21 heavy (non-hydrogen) atoms. The van der Waals surface area contributed by atoms with Crippen LogP contribution in [0.4, 0.5) is 5.82 Å². The molecule has 0 aliphatic carbocycles. The molecule has 0 aliphatic heterocycles. The summed E-state index contributed by atoms with van der Waals surface area (Å²) in [4.78, 5) is 13.1. The third-order valence-electron chi connectivity index (χ3n) is 3.21. The smallest absolute Gasteiger partial charge is 0.212 e. The van der Waals surface area contributed by atoms with Gasteiger partial charge in [-0.3, -0.25) is 0 Å². The molecule has 112 valence electrons. The van der Waals surface area contributed by atoms with Gasteiger partial charge in [-0.25, -0.2) is 15.0 Å². The zero-order valence-corrected chi connectivity index (χ0v) is 12.9. The van der Waals surface area contributed by atoms with E-state index < -0.39 is 0 Å². The Balaban J connectivity index is 2.40. The maximum absolute atomic E-state index is 5.10. The Labute approximate surface area is 125 Å². The van der Waals surface area contributed by atoms with Crippen LogP contribution in [0.1, 0.15) is 32.3 Å². The molecule has 0 fully saturated rings. The van der Waals surface area contributed by atoms with Crippen molar-refractivity contribution in [1.82, 2.24) is 15.0 Å². The normalized spacial score (nSPS) is 10.4. The first-order valence-electron chi connectivity index (χ1n) is 7.38. The molecule has 2 aromatic rings. The summed E-state index contributed by atoms with van der Waals surface area (Å²) in [5.74, 6) is 1.54. The van der Waals surface area contributed by atoms with Gasteiger partial charge in [-0.05, 0) is 18.9 Å². The number of nitrogens with one attached hydrogen (secondary N) is 1. The van der Waals surface area contributed by atoms with Gasteiger partial charge in [0.1, 0.15) is 12.1 Å². The van der Waals surface area contributed by atoms with E-state index in [4.69, 9.17) is 4.74 Å². The summed E-state index contributed by atoms with van der Waals surface area (Å²) in [7, 11) is 1.61. The molecule has 2 rings (SSSR count). The van der Waals surface area contributed by atoms with Crippen molar-refractivity contribution >= 4 is 5.82 Å². The minimum Gasteiger partial charge on any atom is -0.481 e. The van der Waals surface area contributed by atoms with E-state index in [0.717, 1.165) is 48.4 Å². The molecule has 0 spiro atoms. The summed E-state index contributed by atoms with van der Waals surface area (Å²) in [6.07, 6.45) is 6.45. The quantitative estimate of drug-likeness (QED) is 0.846. The van der Waals surface area contributed by atoms with Crippen LogP contribution in [0.3, 0.4) is 0 Å². The van der Waals surface area contributed by atoms with Crippen LogP contribution in [0.2, 0.25) is 0 Å². The van der Waals surface area contributed by atoms with Gasteiger partial charge in [0.05, 0.1) is 12.8 Å². The molecule has 0 bridgehead atoms. The molecular formula is C16H22N4O. The lowest BCUT2D eigenvalue weighted by molar-refractivity contribution is 0.398. The molecular weight excluding hydrogens is 264 g/mol. The highest BCUT2D eigenvalue weighted by Crippen LogP contribution is 2.27. The molecule has 0 amide bonds. The number of nitrogens with zero attached hydrogens (tertiary/aromatic N) is 3. The van der Waals surface area contributed by atoms with Gasteiger partial charge in [0, 0.05) is 29.9 Å². The van der Waals surface area contributed by atoms with Crippen molar-refractivity contribution in [3.8, 4) is 17.1 Å². The summed E-state index contributed by atoms with van der Waals surface area (Å²) in [5.41, 5.74) is 3.09. The average molecular weight is 286 g/mol. The first-order valence-corrected chi connectivity index (χ1v) is 7.38. The number of methoxy groups -OCH3 is 1. The van der Waals surface area contributed by atoms with Crippen LogP contribution in [-0.4, -0.2) is 28.6 Å². The maximum atomic E-state index is 5.10. The van der Waals surface area contributed by atoms with Gasteiger partial charge in [-0.1, -0.05) is 20.3 Å². The first-order chi connectivity index (χ1) is 10.3. The molecule has 0 aromatic carbocycles. The topological polar surface area (TPSA) is 59.9 Å². The Kier molecular flexibility index (Phi) is 5.49. The summed E-state index contributed by atoms with van der Waals surface area (Å²) >= 11 is 0. The summed E-state index contributed by atoms with van der Waals surface area (Å²) in [6.45, 7) is 5.21. The van der Waals surface area contributed by atoms with Gasteiger partial charge in [0.25, 0.3) is 0 Å². The van der Waals surface area contributed by atoms with Gasteiger partial charge in [-0.15, -0.1) is 0 Å². The van der Waals surface area contributed by atoms with Gasteiger partial charge in [0.2, 0.25) is 5.88 Å². The van der Waals surface area contributed by atoms with E-state index in [-0.39, 0.29) is 0 Å². The summed E-state index contributed by atoms with van der Waals surface area (Å²) < 4.78 is 5.10. The minimum absolute atomic E-state index is 0.606. The van der Waals surface area contributed by atoms with Crippen molar-refractivity contribution in [3.63, 3.8) is 0 Å². The van der Waals surface area contributed by atoms with Crippen molar-refractivity contribution in [2.75, 3.05) is 19.0 Å². The van der Waals surface area contributed by atoms with E-state index in [1.165, 1.54) is 0 Å². The van der Waals surface area contributed by atoms with Crippen molar-refractivity contribution in [2.24, 2.45) is 0 Å². The molecule has 0 unspecified atom stereocenters. The molecule has 5 nitrogen and oxygen atoms in total. The zero-order chi connectivity index (χ0) is 15.1. The highest BCUT2D eigenvalue weighted by Gasteiger charge is 2.12. The fraction of sp³-hybridized carbons (Fsp3) is 0.438. The standard InChI is InChI=1S/C16H22N4O/c1-4-6-13-15(12-7-8-14(21-3)18-10-12)19-11-20-16(13)17-9-5-2/h7-8,10-11H,4-6,9H2,1-3H3,(H,17,19,20). The van der Waals surface area contributed by atoms with Crippen molar-refractivity contribution in [3.05, 3.63) is 30.2 Å². The van der Waals surface area contributed by atoms with E-state index in [0.29, 0.717) is 5.88 Å². The number of anilines is 1. The number of hydrogen-bond acceptors (Lipinski definition) is 5. The molecule has 0 atom stereocenters. The number of hydrogen-bond donors (Lipinski definition) is 1. The molecule has 0 radical (unpaired) electrons. The van der Waals surface area contributed by atoms with E-state index in [1.807, 2.05) is 12.1 Å². The molecule has 2 heterocycles. The maximum Gasteiger partial charge on any atom is 0.212 e. The first kappa shape index (κ1) is 15.2. The highest BCUT2D eigenvalue weighted by atomic mass is 16.5. The van der Waals surface area contributed by atoms with E-state index in [1.54, 1.807) is 19.6 Å². The SMILES string of the molecule is CCCNc1ncnc(-c2ccc(OC)nc2)c1CCC. The number of pyridine rings is 1. The number of rotatable bonds is 7. The van der Waals surface area contributed by atoms with E-state index in [9.17, 15) is 0 Å². The zero-order valence-electron chi connectivity index (χ0n) is 12.9. The molecule has 0 saturated heterocycles. The predicted molar refractivity (Wildman–Crippen MR) is 84.6 cm³/mol. The Morgan fingerprint density at radius 2 is 1.95 bits per heavy atom. The Bertz CT molecular complexity index is 569. The Morgan fingerprint density at radius 3 is 2.57 bits per heavy atom. The molecule has 0 aliphatic rings. The van der Waals surface area contributed by atoms with Gasteiger partial charge >= 0.3 is 0 Å². The summed E-state index contributed by atoms with van der Waals surface area (Å²) in [5, 5.41) is 3.38. The fourth-order valence-corrected chi connectivity index (χ4v) is 2.18. The van der Waals surface area contributed by atoms with Crippen LogP contribution < -0.4 is 10.1 Å². The average Bonchev–Trinajstić information content (AvgIpc) is 2.54. The molecule has 5 heteroatoms. The Morgan fingerprint density at radius 1 is 1.10 bits per heavy atom. The lowest BCUT2D eigenvalue weighted by atomic mass is 10.0. The van der Waals surface area contributed by atoms with Gasteiger partial charge in [-0.2, -0.15) is 0 Å². The Hall–Kier alpha value is -2.17. The third kappa shape index (κ3) is 3.68. The summed E-state index contributed by atoms with van der Waals surface area (Å²) in [6, 6.07) is 3.84. The lowest BCUT2D eigenvalue weighted by Crippen LogP contribution is -2.08. The largest absolute Gasteiger partial charge is 0.481 e. The third-order valence-corrected chi connectivity index (χ3v) is 3.21. The minimum atomic E-state index is 0.606. The lowest BCUT2D eigenvalue weighted by Gasteiger charge is -2.13. The van der Waals surface area contributed by atoms with Crippen LogP contribution >= 0.6 is 0 Å². The van der Waals surface area contributed by atoms with Gasteiger partial charge in [0.15, 0.2) is 0 Å². The number of ether oxygens (including phenoxy) is 1. The highest BCUT2D eigenvalue weighted by molar-refractivity contribution is 5.67. The second kappa shape index (κ2) is 7.57. The molecule has 1 N–H and O–H groups in total. The molecule has 0 saturated carbocycles. The van der Waals surface area contributed by atoms with E-state index in [2.05, 4.69) is 34.1 Å². The second-order valence-corrected chi connectivity index (χ2v) is 4.82. The van der Waals surface area contributed by atoms with Crippen molar-refractivity contribution in [2.45, 2.75) is 33.1 Å². The van der Waals surface area contributed by atoms with Crippen LogP contribution in [-0.2, 0) is 6.42 Å². The van der Waals surface area contributed by atoms with E-state index >= 15 is 0 Å². The molecule has 2 aromatic heterocycles. The monoisotopic (exact) mass is 286 g/mol. The van der Waals surface area contributed by atoms with Crippen LogP contribution in [0.5, 0.6) is 5.88 Å². The van der Waals surface area contributed by atoms with Crippen LogP contribution in [0.15, 0.2) is 24.7 Å². The number of aromatic nitrogens is 3. The fourth-order valence-electron chi connectivity index (χ4n) is 2.18. The van der Waals surface area contributed by atoms with Crippen molar-refractivity contribution < 1.29 is 4.74 Å². The second-order valence-electron chi connectivity index (χ2n) is 4.82.